The highest BCUT2D eigenvalue weighted by molar-refractivity contribution is 5.42. The van der Waals surface area contributed by atoms with E-state index in [0.717, 1.165) is 30.3 Å². The maximum Gasteiger partial charge on any atom is 0.266 e. The maximum absolute atomic E-state index is 12.3. The molecule has 5 rings (SSSR count). The summed E-state index contributed by atoms with van der Waals surface area (Å²) in [7, 11) is 0. The third-order valence-electron chi connectivity index (χ3n) is 5.99. The van der Waals surface area contributed by atoms with Gasteiger partial charge in [-0.2, -0.15) is 5.10 Å². The molecular weight excluding hydrogens is 366 g/mol. The van der Waals surface area contributed by atoms with E-state index in [1.165, 1.54) is 25.0 Å². The molecule has 29 heavy (non-hydrogen) atoms. The van der Waals surface area contributed by atoms with Crippen molar-refractivity contribution in [2.24, 2.45) is 5.92 Å². The van der Waals surface area contributed by atoms with Crippen molar-refractivity contribution < 1.29 is 0 Å². The van der Waals surface area contributed by atoms with Gasteiger partial charge in [0.25, 0.3) is 5.56 Å². The maximum atomic E-state index is 12.3. The molecule has 150 valence electrons. The summed E-state index contributed by atoms with van der Waals surface area (Å²) in [5, 5.41) is 9.02. The molecule has 3 aromatic rings. The minimum absolute atomic E-state index is 0.0805. The Hall–Kier alpha value is -3.03. The van der Waals surface area contributed by atoms with Gasteiger partial charge in [0, 0.05) is 48.4 Å². The summed E-state index contributed by atoms with van der Waals surface area (Å²) < 4.78 is 3.34. The second kappa shape index (κ2) is 7.09. The van der Waals surface area contributed by atoms with Crippen LogP contribution in [-0.4, -0.2) is 42.6 Å². The number of hydrogen-bond acceptors (Lipinski definition) is 6. The van der Waals surface area contributed by atoms with Gasteiger partial charge in [-0.3, -0.25) is 4.79 Å². The second-order valence-electron chi connectivity index (χ2n) is 8.25. The average Bonchev–Trinajstić information content (AvgIpc) is 2.96. The lowest BCUT2D eigenvalue weighted by Crippen LogP contribution is -2.50. The van der Waals surface area contributed by atoms with Crippen LogP contribution in [0.15, 0.2) is 35.4 Å². The number of rotatable bonds is 5. The zero-order valence-corrected chi connectivity index (χ0v) is 16.8. The Bertz CT molecular complexity index is 1090. The van der Waals surface area contributed by atoms with Crippen molar-refractivity contribution in [1.82, 2.24) is 29.5 Å². The van der Waals surface area contributed by atoms with Crippen molar-refractivity contribution in [3.8, 4) is 5.82 Å². The molecule has 3 aromatic heterocycles. The van der Waals surface area contributed by atoms with Crippen LogP contribution in [-0.2, 0) is 6.54 Å². The van der Waals surface area contributed by atoms with Crippen LogP contribution in [0.3, 0.4) is 0 Å². The molecule has 2 fully saturated rings. The summed E-state index contributed by atoms with van der Waals surface area (Å²) in [5.41, 5.74) is 3.02. The van der Waals surface area contributed by atoms with Gasteiger partial charge in [0.15, 0.2) is 5.82 Å². The van der Waals surface area contributed by atoms with Crippen molar-refractivity contribution in [1.29, 1.82) is 0 Å². The number of anilines is 1. The van der Waals surface area contributed by atoms with Crippen LogP contribution in [0.4, 0.5) is 5.82 Å². The Balaban J connectivity index is 1.27. The van der Waals surface area contributed by atoms with E-state index >= 15 is 0 Å². The number of aromatic nitrogens is 6. The van der Waals surface area contributed by atoms with E-state index in [-0.39, 0.29) is 5.56 Å². The molecule has 4 heterocycles. The molecule has 8 nitrogen and oxygen atoms in total. The first-order valence-electron chi connectivity index (χ1n) is 10.3. The van der Waals surface area contributed by atoms with Gasteiger partial charge in [-0.25, -0.2) is 19.3 Å². The Kier molecular flexibility index (Phi) is 4.41. The molecule has 1 aliphatic heterocycles. The molecular formula is C21H25N7O. The predicted octanol–water partition coefficient (Wildman–Crippen LogP) is 2.24. The van der Waals surface area contributed by atoms with E-state index in [9.17, 15) is 4.79 Å². The fourth-order valence-electron chi connectivity index (χ4n) is 4.12. The molecule has 0 atom stereocenters. The molecule has 1 saturated heterocycles. The summed E-state index contributed by atoms with van der Waals surface area (Å²) in [6.45, 7) is 6.29. The first kappa shape index (κ1) is 18.0. The van der Waals surface area contributed by atoms with Gasteiger partial charge in [-0.15, -0.1) is 5.10 Å². The first-order chi connectivity index (χ1) is 14.1. The Morgan fingerprint density at radius 3 is 2.55 bits per heavy atom. The summed E-state index contributed by atoms with van der Waals surface area (Å²) >= 11 is 0. The lowest BCUT2D eigenvalue weighted by molar-refractivity contribution is 0.331. The van der Waals surface area contributed by atoms with Crippen LogP contribution in [0.2, 0.25) is 0 Å². The van der Waals surface area contributed by atoms with E-state index < -0.39 is 0 Å². The molecule has 2 aliphatic rings. The van der Waals surface area contributed by atoms with Gasteiger partial charge in [0.2, 0.25) is 0 Å². The molecule has 0 amide bonds. The fourth-order valence-corrected chi connectivity index (χ4v) is 4.12. The standard InChI is InChI=1S/C21H25N7O/c1-14-8-15(2)28(24-14)19-6-7-21(29)27(25-19)12-16-10-26(11-16)20-9-18(22-13-23-20)17-4-3-5-17/h6-9,13,16-17H,3-5,10-12H2,1-2H3. The SMILES string of the molecule is Cc1cc(C)n(-c2ccc(=O)n(CC3CN(c4cc(C5CCC5)ncn4)C3)n2)n1. The highest BCUT2D eigenvalue weighted by Crippen LogP contribution is 2.36. The van der Waals surface area contributed by atoms with Gasteiger partial charge in [0.1, 0.15) is 12.1 Å². The highest BCUT2D eigenvalue weighted by Gasteiger charge is 2.30. The van der Waals surface area contributed by atoms with Gasteiger partial charge in [-0.1, -0.05) is 6.42 Å². The van der Waals surface area contributed by atoms with Crippen molar-refractivity contribution in [2.75, 3.05) is 18.0 Å². The van der Waals surface area contributed by atoms with Crippen molar-refractivity contribution >= 4 is 5.82 Å². The van der Waals surface area contributed by atoms with Gasteiger partial charge < -0.3 is 4.90 Å². The lowest BCUT2D eigenvalue weighted by atomic mass is 9.83. The number of nitrogens with zero attached hydrogens (tertiary/aromatic N) is 7. The largest absolute Gasteiger partial charge is 0.356 e. The zero-order valence-electron chi connectivity index (χ0n) is 16.8. The molecule has 0 radical (unpaired) electrons. The van der Waals surface area contributed by atoms with Crippen LogP contribution in [0.25, 0.3) is 5.82 Å². The van der Waals surface area contributed by atoms with E-state index in [0.29, 0.717) is 24.2 Å². The monoisotopic (exact) mass is 391 g/mol. The zero-order chi connectivity index (χ0) is 20.0. The summed E-state index contributed by atoms with van der Waals surface area (Å²) in [4.78, 5) is 23.5. The van der Waals surface area contributed by atoms with Gasteiger partial charge in [0.05, 0.1) is 12.2 Å². The molecule has 0 aromatic carbocycles. The third kappa shape index (κ3) is 3.43. The first-order valence-corrected chi connectivity index (χ1v) is 10.3. The Morgan fingerprint density at radius 2 is 1.86 bits per heavy atom. The van der Waals surface area contributed by atoms with Crippen molar-refractivity contribution in [3.05, 3.63) is 58.0 Å². The topological polar surface area (TPSA) is 81.7 Å². The van der Waals surface area contributed by atoms with Crippen molar-refractivity contribution in [3.63, 3.8) is 0 Å². The van der Waals surface area contributed by atoms with Crippen LogP contribution in [0.1, 0.15) is 42.3 Å². The molecule has 0 spiro atoms. The summed E-state index contributed by atoms with van der Waals surface area (Å²) in [6, 6.07) is 7.44. The van der Waals surface area contributed by atoms with Crippen LogP contribution in [0, 0.1) is 19.8 Å². The molecule has 1 saturated carbocycles. The van der Waals surface area contributed by atoms with Gasteiger partial charge >= 0.3 is 0 Å². The van der Waals surface area contributed by atoms with E-state index in [2.05, 4.69) is 31.1 Å². The molecule has 0 unspecified atom stereocenters. The molecule has 0 bridgehead atoms. The minimum Gasteiger partial charge on any atom is -0.356 e. The van der Waals surface area contributed by atoms with Crippen LogP contribution < -0.4 is 10.5 Å². The highest BCUT2D eigenvalue weighted by atomic mass is 16.1. The smallest absolute Gasteiger partial charge is 0.266 e. The van der Waals surface area contributed by atoms with E-state index in [4.69, 9.17) is 0 Å². The van der Waals surface area contributed by atoms with E-state index in [1.807, 2.05) is 19.9 Å². The Labute approximate surface area is 169 Å². The Morgan fingerprint density at radius 1 is 1.03 bits per heavy atom. The summed E-state index contributed by atoms with van der Waals surface area (Å²) in [5.74, 6) is 2.65. The van der Waals surface area contributed by atoms with Crippen molar-refractivity contribution in [2.45, 2.75) is 45.6 Å². The number of hydrogen-bond donors (Lipinski definition) is 0. The fraction of sp³-hybridized carbons (Fsp3) is 0.476. The van der Waals surface area contributed by atoms with E-state index in [1.54, 1.807) is 27.8 Å². The third-order valence-corrected chi connectivity index (χ3v) is 5.99. The molecule has 8 heteroatoms. The minimum atomic E-state index is -0.0805. The lowest BCUT2D eigenvalue weighted by Gasteiger charge is -2.40. The summed E-state index contributed by atoms with van der Waals surface area (Å²) in [6.07, 6.45) is 5.45. The predicted molar refractivity (Wildman–Crippen MR) is 109 cm³/mol. The number of aryl methyl sites for hydroxylation is 2. The van der Waals surface area contributed by atoms with Gasteiger partial charge in [-0.05, 0) is 38.8 Å². The van der Waals surface area contributed by atoms with Crippen LogP contribution in [0.5, 0.6) is 0 Å². The normalized spacial score (nSPS) is 17.2. The molecule has 1 aliphatic carbocycles. The van der Waals surface area contributed by atoms with Crippen LogP contribution >= 0.6 is 0 Å². The quantitative estimate of drug-likeness (QED) is 0.663. The second-order valence-corrected chi connectivity index (χ2v) is 8.25. The average molecular weight is 391 g/mol. The molecule has 0 N–H and O–H groups in total.